The van der Waals surface area contributed by atoms with Crippen LogP contribution in [-0.2, 0) is 0 Å². The van der Waals surface area contributed by atoms with E-state index in [1.54, 1.807) is 7.11 Å². The molecular formula is C15H23N3O2SSi. The highest BCUT2D eigenvalue weighted by atomic mass is 32.1. The SMILES string of the molecule is COc1nc2[nH]c(C(=O)N[C@@H]3CCC[Si](C)(C)CC3)cc2s1. The molecule has 3 heterocycles. The number of H-pyrrole nitrogens is 1. The molecule has 0 unspecified atom stereocenters. The third-order valence-electron chi connectivity index (χ3n) is 4.49. The zero-order valence-corrected chi connectivity index (χ0v) is 15.2. The predicted molar refractivity (Wildman–Crippen MR) is 92.7 cm³/mol. The average molecular weight is 338 g/mol. The first kappa shape index (κ1) is 15.5. The van der Waals surface area contributed by atoms with Crippen molar-refractivity contribution in [1.29, 1.82) is 0 Å². The van der Waals surface area contributed by atoms with E-state index in [1.165, 1.54) is 29.8 Å². The maximum Gasteiger partial charge on any atom is 0.275 e. The standard InChI is InChI=1S/C15H23N3O2SSi/c1-20-15-18-13-12(21-15)9-11(17-13)14(19)16-10-5-4-7-22(2,3)8-6-10/h9-10,17H,4-8H2,1-3H3,(H,16,19)/t10-/m1/s1. The summed E-state index contributed by atoms with van der Waals surface area (Å²) in [5.41, 5.74) is 1.32. The molecule has 2 aromatic heterocycles. The van der Waals surface area contributed by atoms with E-state index in [1.807, 2.05) is 6.07 Å². The Bertz CT molecular complexity index is 648. The minimum absolute atomic E-state index is 0.0180. The van der Waals surface area contributed by atoms with Crippen molar-refractivity contribution in [2.24, 2.45) is 0 Å². The molecule has 0 radical (unpaired) electrons. The van der Waals surface area contributed by atoms with Crippen LogP contribution in [0.3, 0.4) is 0 Å². The number of methoxy groups -OCH3 is 1. The van der Waals surface area contributed by atoms with Gasteiger partial charge >= 0.3 is 0 Å². The summed E-state index contributed by atoms with van der Waals surface area (Å²) < 4.78 is 6.06. The van der Waals surface area contributed by atoms with Gasteiger partial charge in [0.2, 0.25) is 0 Å². The highest BCUT2D eigenvalue weighted by molar-refractivity contribution is 7.20. The fourth-order valence-corrected chi connectivity index (χ4v) is 6.39. The summed E-state index contributed by atoms with van der Waals surface area (Å²) in [5, 5.41) is 3.80. The Morgan fingerprint density at radius 3 is 3.00 bits per heavy atom. The van der Waals surface area contributed by atoms with Gasteiger partial charge in [0.1, 0.15) is 5.69 Å². The number of aromatic amines is 1. The van der Waals surface area contributed by atoms with E-state index in [0.717, 1.165) is 23.2 Å². The smallest absolute Gasteiger partial charge is 0.275 e. The normalized spacial score (nSPS) is 21.5. The molecule has 22 heavy (non-hydrogen) atoms. The number of thiazole rings is 1. The average Bonchev–Trinajstić information content (AvgIpc) is 2.97. The lowest BCUT2D eigenvalue weighted by atomic mass is 10.1. The predicted octanol–water partition coefficient (Wildman–Crippen LogP) is 3.62. The van der Waals surface area contributed by atoms with Gasteiger partial charge in [-0.25, -0.2) is 0 Å². The van der Waals surface area contributed by atoms with Gasteiger partial charge in [0.15, 0.2) is 5.65 Å². The molecule has 1 saturated heterocycles. The van der Waals surface area contributed by atoms with E-state index in [9.17, 15) is 4.79 Å². The van der Waals surface area contributed by atoms with Crippen LogP contribution in [0.5, 0.6) is 5.19 Å². The van der Waals surface area contributed by atoms with Crippen molar-refractivity contribution in [3.63, 3.8) is 0 Å². The van der Waals surface area contributed by atoms with E-state index in [4.69, 9.17) is 4.74 Å². The summed E-state index contributed by atoms with van der Waals surface area (Å²) in [7, 11) is 0.579. The van der Waals surface area contributed by atoms with Gasteiger partial charge in [-0.05, 0) is 18.9 Å². The Morgan fingerprint density at radius 1 is 1.45 bits per heavy atom. The number of nitrogens with zero attached hydrogens (tertiary/aromatic N) is 1. The molecule has 1 atom stereocenters. The van der Waals surface area contributed by atoms with Crippen molar-refractivity contribution in [2.45, 2.75) is 50.5 Å². The molecule has 0 bridgehead atoms. The number of rotatable bonds is 3. The number of ether oxygens (including phenoxy) is 1. The molecule has 2 aromatic rings. The van der Waals surface area contributed by atoms with Crippen molar-refractivity contribution >= 4 is 35.7 Å². The summed E-state index contributed by atoms with van der Waals surface area (Å²) in [5.74, 6) is -0.0180. The summed E-state index contributed by atoms with van der Waals surface area (Å²) >= 11 is 1.45. The summed E-state index contributed by atoms with van der Waals surface area (Å²) in [4.78, 5) is 19.8. The summed E-state index contributed by atoms with van der Waals surface area (Å²) in [6.45, 7) is 4.91. The van der Waals surface area contributed by atoms with Crippen LogP contribution >= 0.6 is 11.3 Å². The topological polar surface area (TPSA) is 67.0 Å². The monoisotopic (exact) mass is 337 g/mol. The van der Waals surface area contributed by atoms with Crippen LogP contribution in [0.2, 0.25) is 25.2 Å². The molecule has 0 aromatic carbocycles. The number of aromatic nitrogens is 2. The van der Waals surface area contributed by atoms with Crippen molar-refractivity contribution in [3.8, 4) is 5.19 Å². The fraction of sp³-hybridized carbons (Fsp3) is 0.600. The molecule has 0 saturated carbocycles. The van der Waals surface area contributed by atoms with E-state index < -0.39 is 8.07 Å². The number of fused-ring (bicyclic) bond motifs is 1. The lowest BCUT2D eigenvalue weighted by molar-refractivity contribution is 0.0930. The quantitative estimate of drug-likeness (QED) is 0.841. The number of hydrogen-bond acceptors (Lipinski definition) is 4. The molecule has 0 aliphatic carbocycles. The van der Waals surface area contributed by atoms with Crippen LogP contribution in [-0.4, -0.2) is 37.1 Å². The number of carbonyl (C=O) groups excluding carboxylic acids is 1. The van der Waals surface area contributed by atoms with Gasteiger partial charge in [0.25, 0.3) is 11.1 Å². The molecule has 0 spiro atoms. The van der Waals surface area contributed by atoms with Gasteiger partial charge < -0.3 is 15.0 Å². The lowest BCUT2D eigenvalue weighted by Crippen LogP contribution is -2.35. The highest BCUT2D eigenvalue weighted by Gasteiger charge is 2.27. The molecule has 1 amide bonds. The lowest BCUT2D eigenvalue weighted by Gasteiger charge is -2.19. The first-order valence-electron chi connectivity index (χ1n) is 7.81. The van der Waals surface area contributed by atoms with E-state index in [2.05, 4.69) is 28.4 Å². The number of carbonyl (C=O) groups is 1. The first-order valence-corrected chi connectivity index (χ1v) is 12.0. The Morgan fingerprint density at radius 2 is 2.27 bits per heavy atom. The molecule has 5 nitrogen and oxygen atoms in total. The first-order chi connectivity index (χ1) is 10.5. The van der Waals surface area contributed by atoms with Gasteiger partial charge in [0.05, 0.1) is 11.8 Å². The van der Waals surface area contributed by atoms with Crippen LogP contribution in [0.1, 0.15) is 29.8 Å². The van der Waals surface area contributed by atoms with Crippen LogP contribution in [0.25, 0.3) is 10.3 Å². The summed E-state index contributed by atoms with van der Waals surface area (Å²) in [6, 6.07) is 4.85. The van der Waals surface area contributed by atoms with Gasteiger partial charge in [-0.2, -0.15) is 4.98 Å². The highest BCUT2D eigenvalue weighted by Crippen LogP contribution is 2.29. The number of amides is 1. The van der Waals surface area contributed by atoms with Crippen LogP contribution < -0.4 is 10.1 Å². The third kappa shape index (κ3) is 3.35. The Hall–Kier alpha value is -1.34. The van der Waals surface area contributed by atoms with Crippen molar-refractivity contribution < 1.29 is 9.53 Å². The number of hydrogen-bond donors (Lipinski definition) is 2. The molecular weight excluding hydrogens is 314 g/mol. The molecule has 1 fully saturated rings. The fourth-order valence-electron chi connectivity index (χ4n) is 3.07. The van der Waals surface area contributed by atoms with Crippen molar-refractivity contribution in [2.75, 3.05) is 7.11 Å². The second-order valence-corrected chi connectivity index (χ2v) is 13.2. The minimum atomic E-state index is -1.02. The molecule has 2 N–H and O–H groups in total. The maximum absolute atomic E-state index is 12.4. The van der Waals surface area contributed by atoms with Crippen molar-refractivity contribution in [3.05, 3.63) is 11.8 Å². The Labute approximate surface area is 135 Å². The third-order valence-corrected chi connectivity index (χ3v) is 8.81. The molecule has 1 aliphatic heterocycles. The second-order valence-electron chi connectivity index (χ2n) is 6.85. The van der Waals surface area contributed by atoms with E-state index in [0.29, 0.717) is 16.9 Å². The van der Waals surface area contributed by atoms with Gasteiger partial charge in [-0.1, -0.05) is 42.9 Å². The zero-order chi connectivity index (χ0) is 15.7. The Kier molecular flexibility index (Phi) is 4.27. The molecule has 120 valence electrons. The van der Waals surface area contributed by atoms with Gasteiger partial charge in [0, 0.05) is 14.1 Å². The minimum Gasteiger partial charge on any atom is -0.473 e. The second kappa shape index (κ2) is 6.04. The van der Waals surface area contributed by atoms with Gasteiger partial charge in [-0.15, -0.1) is 0 Å². The molecule has 3 rings (SSSR count). The Balaban J connectivity index is 1.66. The van der Waals surface area contributed by atoms with E-state index >= 15 is 0 Å². The zero-order valence-electron chi connectivity index (χ0n) is 13.4. The molecule has 1 aliphatic rings. The van der Waals surface area contributed by atoms with Crippen LogP contribution in [0.4, 0.5) is 0 Å². The molecule has 7 heteroatoms. The van der Waals surface area contributed by atoms with E-state index in [-0.39, 0.29) is 5.91 Å². The van der Waals surface area contributed by atoms with Crippen LogP contribution in [0, 0.1) is 0 Å². The largest absolute Gasteiger partial charge is 0.473 e. The summed E-state index contributed by atoms with van der Waals surface area (Å²) in [6.07, 6.45) is 3.46. The van der Waals surface area contributed by atoms with Crippen LogP contribution in [0.15, 0.2) is 6.07 Å². The number of nitrogens with one attached hydrogen (secondary N) is 2. The maximum atomic E-state index is 12.4. The van der Waals surface area contributed by atoms with Crippen molar-refractivity contribution in [1.82, 2.24) is 15.3 Å². The van der Waals surface area contributed by atoms with Gasteiger partial charge in [-0.3, -0.25) is 4.79 Å².